The molecule has 0 saturated heterocycles. The maximum atomic E-state index is 2.30. The summed E-state index contributed by atoms with van der Waals surface area (Å²) in [4.78, 5) is 5.30. The van der Waals surface area contributed by atoms with Gasteiger partial charge in [-0.2, -0.15) is 0 Å². The first kappa shape index (κ1) is 19.8. The molecule has 0 atom stereocenters. The highest BCUT2D eigenvalue weighted by molar-refractivity contribution is 7.99. The number of benzene rings is 5. The lowest BCUT2D eigenvalue weighted by molar-refractivity contribution is 1.40. The van der Waals surface area contributed by atoms with Crippen LogP contribution in [0.1, 0.15) is 0 Å². The van der Waals surface area contributed by atoms with Crippen LogP contribution in [-0.4, -0.2) is 0 Å². The molecule has 0 radical (unpaired) electrons. The zero-order chi connectivity index (χ0) is 22.5. The Morgan fingerprint density at radius 1 is 0.382 bits per heavy atom. The van der Waals surface area contributed by atoms with Crippen molar-refractivity contribution in [1.29, 1.82) is 0 Å². The van der Waals surface area contributed by atoms with E-state index in [1.807, 2.05) is 23.1 Å². The van der Waals surface area contributed by atoms with E-state index in [4.69, 9.17) is 0 Å². The molecule has 0 amide bonds. The molecular weight excluding hydrogens is 448 g/mol. The summed E-state index contributed by atoms with van der Waals surface area (Å²) in [6, 6.07) is 44.1. The third-order valence-corrected chi connectivity index (χ3v) is 8.85. The Balaban J connectivity index is 1.30. The molecule has 0 spiro atoms. The molecule has 0 saturated carbocycles. The second-order valence-corrected chi connectivity index (χ2v) is 10.7. The monoisotopic (exact) mass is 468 g/mol. The second kappa shape index (κ2) is 8.02. The second-order valence-electron chi connectivity index (χ2n) is 8.54. The minimum Gasteiger partial charge on any atom is -0.135 e. The van der Waals surface area contributed by atoms with Gasteiger partial charge in [0.2, 0.25) is 0 Å². The highest BCUT2D eigenvalue weighted by Gasteiger charge is 2.20. The van der Waals surface area contributed by atoms with Gasteiger partial charge >= 0.3 is 0 Å². The molecule has 2 heteroatoms. The van der Waals surface area contributed by atoms with Gasteiger partial charge in [0.05, 0.1) is 0 Å². The molecule has 0 N–H and O–H groups in total. The molecule has 0 bridgehead atoms. The van der Waals surface area contributed by atoms with Gasteiger partial charge in [0.15, 0.2) is 0 Å². The average molecular weight is 469 g/mol. The van der Waals surface area contributed by atoms with Crippen LogP contribution in [0.3, 0.4) is 0 Å². The third-order valence-electron chi connectivity index (χ3n) is 6.55. The lowest BCUT2D eigenvalue weighted by Crippen LogP contribution is -1.93. The van der Waals surface area contributed by atoms with Gasteiger partial charge in [-0.3, -0.25) is 0 Å². The number of rotatable bonds is 3. The topological polar surface area (TPSA) is 0 Å². The SMILES string of the molecule is c1ccc(-c2ccc(-c3ccc(-c4ccc5c6c(cccc46)-c4ccccc4S5)s3)cc2)cc1. The molecule has 7 rings (SSSR count). The number of hydrogen-bond acceptors (Lipinski definition) is 2. The average Bonchev–Trinajstić information content (AvgIpc) is 3.40. The van der Waals surface area contributed by atoms with Crippen LogP contribution in [0.4, 0.5) is 0 Å². The van der Waals surface area contributed by atoms with Crippen LogP contribution in [0.15, 0.2) is 131 Å². The molecule has 5 aromatic carbocycles. The van der Waals surface area contributed by atoms with Crippen molar-refractivity contribution in [2.45, 2.75) is 9.79 Å². The highest BCUT2D eigenvalue weighted by Crippen LogP contribution is 2.50. The van der Waals surface area contributed by atoms with Crippen LogP contribution in [0.5, 0.6) is 0 Å². The van der Waals surface area contributed by atoms with E-state index in [0.717, 1.165) is 0 Å². The molecule has 2 heterocycles. The molecule has 0 nitrogen and oxygen atoms in total. The van der Waals surface area contributed by atoms with Gasteiger partial charge in [0.25, 0.3) is 0 Å². The molecule has 6 aromatic rings. The van der Waals surface area contributed by atoms with E-state index in [1.54, 1.807) is 0 Å². The molecule has 160 valence electrons. The van der Waals surface area contributed by atoms with Crippen LogP contribution >= 0.6 is 23.1 Å². The van der Waals surface area contributed by atoms with Crippen LogP contribution in [0, 0.1) is 0 Å². The van der Waals surface area contributed by atoms with Crippen LogP contribution in [0.2, 0.25) is 0 Å². The highest BCUT2D eigenvalue weighted by atomic mass is 32.2. The fraction of sp³-hybridized carbons (Fsp3) is 0. The van der Waals surface area contributed by atoms with Gasteiger partial charge in [-0.25, -0.2) is 0 Å². The summed E-state index contributed by atoms with van der Waals surface area (Å²) in [5.41, 5.74) is 7.78. The minimum atomic E-state index is 1.25. The smallest absolute Gasteiger partial charge is 0.0355 e. The van der Waals surface area contributed by atoms with Crippen molar-refractivity contribution in [3.63, 3.8) is 0 Å². The Bertz CT molecular complexity index is 1660. The summed E-state index contributed by atoms with van der Waals surface area (Å²) in [5, 5.41) is 2.72. The van der Waals surface area contributed by atoms with Gasteiger partial charge in [-0.15, -0.1) is 11.3 Å². The maximum absolute atomic E-state index is 2.30. The van der Waals surface area contributed by atoms with E-state index in [0.29, 0.717) is 0 Å². The molecule has 1 aromatic heterocycles. The summed E-state index contributed by atoms with van der Waals surface area (Å²) >= 11 is 3.76. The van der Waals surface area contributed by atoms with Crippen molar-refractivity contribution >= 4 is 33.9 Å². The van der Waals surface area contributed by atoms with E-state index in [9.17, 15) is 0 Å². The van der Waals surface area contributed by atoms with E-state index >= 15 is 0 Å². The van der Waals surface area contributed by atoms with Crippen molar-refractivity contribution in [3.05, 3.63) is 121 Å². The molecule has 0 aliphatic carbocycles. The Morgan fingerprint density at radius 2 is 1.09 bits per heavy atom. The van der Waals surface area contributed by atoms with Crippen LogP contribution < -0.4 is 0 Å². The molecule has 0 unspecified atom stereocenters. The standard InChI is InChI=1S/C32H20S2/c1-2-7-21(8-3-1)22-13-15-23(16-14-22)28-19-20-30(33-28)25-17-18-31-32-26(10-6-11-27(25)32)24-9-4-5-12-29(24)34-31/h1-20H. The summed E-state index contributed by atoms with van der Waals surface area (Å²) in [6.07, 6.45) is 0. The lowest BCUT2D eigenvalue weighted by atomic mass is 9.94. The molecule has 34 heavy (non-hydrogen) atoms. The summed E-state index contributed by atoms with van der Waals surface area (Å²) in [6.45, 7) is 0. The predicted molar refractivity (Wildman–Crippen MR) is 148 cm³/mol. The Labute approximate surface area is 207 Å². The van der Waals surface area contributed by atoms with Gasteiger partial charge in [0, 0.05) is 24.9 Å². The molecule has 1 aliphatic heterocycles. The van der Waals surface area contributed by atoms with E-state index in [2.05, 4.69) is 121 Å². The molecule has 1 aliphatic rings. The first-order chi connectivity index (χ1) is 16.8. The van der Waals surface area contributed by atoms with Crippen molar-refractivity contribution in [2.24, 2.45) is 0 Å². The largest absolute Gasteiger partial charge is 0.135 e. The van der Waals surface area contributed by atoms with Gasteiger partial charge in [0.1, 0.15) is 0 Å². The third kappa shape index (κ3) is 3.22. The van der Waals surface area contributed by atoms with Crippen LogP contribution in [-0.2, 0) is 0 Å². The first-order valence-corrected chi connectivity index (χ1v) is 13.1. The normalized spacial score (nSPS) is 12.0. The van der Waals surface area contributed by atoms with Gasteiger partial charge in [-0.05, 0) is 63.0 Å². The van der Waals surface area contributed by atoms with E-state index in [-0.39, 0.29) is 0 Å². The van der Waals surface area contributed by atoms with E-state index in [1.165, 1.54) is 63.7 Å². The summed E-state index contributed by atoms with van der Waals surface area (Å²) in [7, 11) is 0. The van der Waals surface area contributed by atoms with Crippen molar-refractivity contribution in [2.75, 3.05) is 0 Å². The maximum Gasteiger partial charge on any atom is 0.0355 e. The minimum absolute atomic E-state index is 1.25. The van der Waals surface area contributed by atoms with Crippen molar-refractivity contribution in [3.8, 4) is 43.1 Å². The fourth-order valence-corrected chi connectivity index (χ4v) is 7.07. The Hall–Kier alpha value is -3.59. The number of fused-ring (bicyclic) bond motifs is 2. The number of thiophene rings is 1. The summed E-state index contributed by atoms with van der Waals surface area (Å²) < 4.78 is 0. The van der Waals surface area contributed by atoms with E-state index < -0.39 is 0 Å². The first-order valence-electron chi connectivity index (χ1n) is 11.4. The number of hydrogen-bond donors (Lipinski definition) is 0. The van der Waals surface area contributed by atoms with Crippen molar-refractivity contribution in [1.82, 2.24) is 0 Å². The fourth-order valence-electron chi connectivity index (χ4n) is 4.89. The zero-order valence-corrected chi connectivity index (χ0v) is 20.0. The quantitative estimate of drug-likeness (QED) is 0.248. The summed E-state index contributed by atoms with van der Waals surface area (Å²) in [5.74, 6) is 0. The molecule has 0 fully saturated rings. The lowest BCUT2D eigenvalue weighted by Gasteiger charge is -2.21. The van der Waals surface area contributed by atoms with Crippen LogP contribution in [0.25, 0.3) is 53.9 Å². The molecular formula is C32H20S2. The van der Waals surface area contributed by atoms with Gasteiger partial charge < -0.3 is 0 Å². The van der Waals surface area contributed by atoms with Crippen molar-refractivity contribution < 1.29 is 0 Å². The zero-order valence-electron chi connectivity index (χ0n) is 18.4. The Kier molecular flexibility index (Phi) is 4.68. The Morgan fingerprint density at radius 3 is 1.97 bits per heavy atom. The van der Waals surface area contributed by atoms with Gasteiger partial charge in [-0.1, -0.05) is 109 Å². The predicted octanol–water partition coefficient (Wildman–Crippen LogP) is 10.0.